The third-order valence-corrected chi connectivity index (χ3v) is 3.43. The van der Waals surface area contributed by atoms with E-state index >= 15 is 0 Å². The molecule has 0 aliphatic rings. The highest BCUT2D eigenvalue weighted by molar-refractivity contribution is 7.13. The fourth-order valence-electron chi connectivity index (χ4n) is 1.40. The molecule has 0 spiro atoms. The Kier molecular flexibility index (Phi) is 6.47. The van der Waals surface area contributed by atoms with Crippen molar-refractivity contribution in [3.63, 3.8) is 0 Å². The highest BCUT2D eigenvalue weighted by atomic mass is 32.1. The Hall–Kier alpha value is -0.650. The Morgan fingerprint density at radius 3 is 2.94 bits per heavy atom. The number of anilines is 1. The van der Waals surface area contributed by atoms with Gasteiger partial charge in [0, 0.05) is 45.1 Å². The minimum Gasteiger partial charge on any atom is -0.383 e. The van der Waals surface area contributed by atoms with E-state index in [1.54, 1.807) is 18.4 Å². The van der Waals surface area contributed by atoms with E-state index in [-0.39, 0.29) is 0 Å². The van der Waals surface area contributed by atoms with Crippen LogP contribution in [0.1, 0.15) is 19.5 Å². The Morgan fingerprint density at radius 2 is 2.29 bits per heavy atom. The predicted molar refractivity (Wildman–Crippen MR) is 74.1 cm³/mol. The van der Waals surface area contributed by atoms with Crippen molar-refractivity contribution in [1.82, 2.24) is 10.3 Å². The maximum Gasteiger partial charge on any atom is 0.185 e. The van der Waals surface area contributed by atoms with Gasteiger partial charge >= 0.3 is 0 Å². The number of aromatic nitrogens is 1. The molecule has 0 atom stereocenters. The van der Waals surface area contributed by atoms with Gasteiger partial charge in [0.05, 0.1) is 12.3 Å². The summed E-state index contributed by atoms with van der Waals surface area (Å²) in [5.41, 5.74) is 1.17. The molecule has 0 fully saturated rings. The molecule has 0 aliphatic carbocycles. The van der Waals surface area contributed by atoms with Gasteiger partial charge in [0.2, 0.25) is 0 Å². The molecule has 0 saturated carbocycles. The number of ether oxygens (including phenoxy) is 1. The smallest absolute Gasteiger partial charge is 0.185 e. The summed E-state index contributed by atoms with van der Waals surface area (Å²) in [6.07, 6.45) is 0.993. The van der Waals surface area contributed by atoms with Crippen molar-refractivity contribution in [2.24, 2.45) is 0 Å². The Bertz CT molecular complexity index is 314. The number of hydrogen-bond acceptors (Lipinski definition) is 5. The molecule has 0 amide bonds. The summed E-state index contributed by atoms with van der Waals surface area (Å²) >= 11 is 1.70. The zero-order chi connectivity index (χ0) is 12.7. The van der Waals surface area contributed by atoms with Crippen molar-refractivity contribution in [3.05, 3.63) is 11.1 Å². The van der Waals surface area contributed by atoms with Crippen LogP contribution < -0.4 is 10.2 Å². The van der Waals surface area contributed by atoms with Gasteiger partial charge in [-0.15, -0.1) is 11.3 Å². The summed E-state index contributed by atoms with van der Waals surface area (Å²) in [6, 6.07) is 0.539. The van der Waals surface area contributed by atoms with Gasteiger partial charge in [0.15, 0.2) is 5.13 Å². The second kappa shape index (κ2) is 7.63. The molecule has 1 N–H and O–H groups in total. The molecule has 0 aromatic carbocycles. The van der Waals surface area contributed by atoms with Crippen LogP contribution in [0.2, 0.25) is 0 Å². The lowest BCUT2D eigenvalue weighted by Gasteiger charge is -2.14. The zero-order valence-corrected chi connectivity index (χ0v) is 12.0. The Labute approximate surface area is 108 Å². The van der Waals surface area contributed by atoms with Crippen LogP contribution in [0.5, 0.6) is 0 Å². The molecule has 17 heavy (non-hydrogen) atoms. The van der Waals surface area contributed by atoms with Crippen LogP contribution in [-0.2, 0) is 11.2 Å². The second-order valence-electron chi connectivity index (χ2n) is 4.39. The monoisotopic (exact) mass is 257 g/mol. The van der Waals surface area contributed by atoms with E-state index in [1.807, 2.05) is 7.05 Å². The van der Waals surface area contributed by atoms with Crippen LogP contribution >= 0.6 is 11.3 Å². The predicted octanol–water partition coefficient (Wildman–Crippen LogP) is 1.77. The second-order valence-corrected chi connectivity index (χ2v) is 5.23. The van der Waals surface area contributed by atoms with E-state index in [0.717, 1.165) is 31.2 Å². The maximum atomic E-state index is 5.06. The molecule has 4 nitrogen and oxygen atoms in total. The first-order valence-corrected chi connectivity index (χ1v) is 6.89. The van der Waals surface area contributed by atoms with Crippen LogP contribution in [0.25, 0.3) is 0 Å². The standard InChI is InChI=1S/C12H23N3OS/c1-10(2)13-6-5-11-9-17-12(14-11)15(3)7-8-16-4/h9-10,13H,5-8H2,1-4H3. The van der Waals surface area contributed by atoms with Gasteiger partial charge in [-0.3, -0.25) is 0 Å². The van der Waals surface area contributed by atoms with Gasteiger partial charge in [-0.25, -0.2) is 4.98 Å². The number of rotatable bonds is 8. The van der Waals surface area contributed by atoms with E-state index in [4.69, 9.17) is 4.74 Å². The van der Waals surface area contributed by atoms with E-state index in [2.05, 4.69) is 34.4 Å². The van der Waals surface area contributed by atoms with Crippen molar-refractivity contribution in [2.75, 3.05) is 38.8 Å². The van der Waals surface area contributed by atoms with Crippen molar-refractivity contribution < 1.29 is 4.74 Å². The molecule has 1 rings (SSSR count). The van der Waals surface area contributed by atoms with E-state index in [1.165, 1.54) is 5.69 Å². The minimum absolute atomic E-state index is 0.539. The molecule has 5 heteroatoms. The maximum absolute atomic E-state index is 5.06. The van der Waals surface area contributed by atoms with Crippen molar-refractivity contribution in [3.8, 4) is 0 Å². The summed E-state index contributed by atoms with van der Waals surface area (Å²) in [5.74, 6) is 0. The minimum atomic E-state index is 0.539. The molecule has 0 bridgehead atoms. The van der Waals surface area contributed by atoms with Crippen molar-refractivity contribution in [1.29, 1.82) is 0 Å². The third-order valence-electron chi connectivity index (χ3n) is 2.43. The lowest BCUT2D eigenvalue weighted by atomic mass is 10.3. The summed E-state index contributed by atoms with van der Waals surface area (Å²) in [5, 5.41) is 6.61. The van der Waals surface area contributed by atoms with Crippen LogP contribution in [0, 0.1) is 0 Å². The largest absolute Gasteiger partial charge is 0.383 e. The van der Waals surface area contributed by atoms with Gasteiger partial charge in [-0.1, -0.05) is 13.8 Å². The number of methoxy groups -OCH3 is 1. The van der Waals surface area contributed by atoms with E-state index in [9.17, 15) is 0 Å². The summed E-state index contributed by atoms with van der Waals surface area (Å²) in [6.45, 7) is 6.92. The summed E-state index contributed by atoms with van der Waals surface area (Å²) in [7, 11) is 3.77. The Balaban J connectivity index is 2.36. The first kappa shape index (κ1) is 14.4. The molecular weight excluding hydrogens is 234 g/mol. The average Bonchev–Trinajstić information content (AvgIpc) is 2.74. The quantitative estimate of drug-likeness (QED) is 0.770. The molecule has 0 saturated heterocycles. The SMILES string of the molecule is COCCN(C)c1nc(CCNC(C)C)cs1. The number of likely N-dealkylation sites (N-methyl/N-ethyl adjacent to an activating group) is 1. The summed E-state index contributed by atoms with van der Waals surface area (Å²) in [4.78, 5) is 6.74. The van der Waals surface area contributed by atoms with Crippen molar-refractivity contribution in [2.45, 2.75) is 26.3 Å². The zero-order valence-electron chi connectivity index (χ0n) is 11.2. The van der Waals surface area contributed by atoms with Gasteiger partial charge in [0.1, 0.15) is 0 Å². The molecule has 0 radical (unpaired) electrons. The van der Waals surface area contributed by atoms with Gasteiger partial charge in [-0.2, -0.15) is 0 Å². The fraction of sp³-hybridized carbons (Fsp3) is 0.750. The molecular formula is C12H23N3OS. The number of nitrogens with zero attached hydrogens (tertiary/aromatic N) is 2. The van der Waals surface area contributed by atoms with Crippen LogP contribution in [0.3, 0.4) is 0 Å². The number of nitrogens with one attached hydrogen (secondary N) is 1. The van der Waals surface area contributed by atoms with Crippen molar-refractivity contribution >= 4 is 16.5 Å². The van der Waals surface area contributed by atoms with Crippen LogP contribution in [-0.4, -0.2) is 44.9 Å². The highest BCUT2D eigenvalue weighted by Gasteiger charge is 2.06. The first-order chi connectivity index (χ1) is 8.13. The topological polar surface area (TPSA) is 37.4 Å². The van der Waals surface area contributed by atoms with Gasteiger partial charge < -0.3 is 15.0 Å². The molecule has 0 unspecified atom stereocenters. The molecule has 1 heterocycles. The summed E-state index contributed by atoms with van der Waals surface area (Å²) < 4.78 is 5.06. The lowest BCUT2D eigenvalue weighted by molar-refractivity contribution is 0.206. The van der Waals surface area contributed by atoms with Gasteiger partial charge in [-0.05, 0) is 0 Å². The average molecular weight is 257 g/mol. The number of hydrogen-bond donors (Lipinski definition) is 1. The number of thiazole rings is 1. The van der Waals surface area contributed by atoms with Crippen LogP contribution in [0.15, 0.2) is 5.38 Å². The first-order valence-electron chi connectivity index (χ1n) is 6.01. The normalized spacial score (nSPS) is 11.1. The van der Waals surface area contributed by atoms with E-state index < -0.39 is 0 Å². The molecule has 98 valence electrons. The van der Waals surface area contributed by atoms with Gasteiger partial charge in [0.25, 0.3) is 0 Å². The Morgan fingerprint density at radius 1 is 1.53 bits per heavy atom. The highest BCUT2D eigenvalue weighted by Crippen LogP contribution is 2.19. The fourth-order valence-corrected chi connectivity index (χ4v) is 2.25. The lowest BCUT2D eigenvalue weighted by Crippen LogP contribution is -2.25. The molecule has 0 aliphatic heterocycles. The third kappa shape index (κ3) is 5.48. The molecule has 1 aromatic heterocycles. The van der Waals surface area contributed by atoms with Crippen LogP contribution in [0.4, 0.5) is 5.13 Å². The van der Waals surface area contributed by atoms with E-state index in [0.29, 0.717) is 6.04 Å². The molecule has 1 aromatic rings.